The maximum absolute atomic E-state index is 12.1. The van der Waals surface area contributed by atoms with Crippen molar-refractivity contribution < 1.29 is 9.53 Å². The molecule has 114 valence electrons. The van der Waals surface area contributed by atoms with Crippen molar-refractivity contribution in [2.24, 2.45) is 0 Å². The smallest absolute Gasteiger partial charge is 0.223 e. The van der Waals surface area contributed by atoms with Crippen LogP contribution in [-0.2, 0) is 11.3 Å². The summed E-state index contributed by atoms with van der Waals surface area (Å²) in [4.78, 5) is 14.1. The monoisotopic (exact) mass is 288 g/mol. The molecule has 0 spiro atoms. The summed E-state index contributed by atoms with van der Waals surface area (Å²) in [5.74, 6) is 1.09. The molecule has 1 amide bonds. The Morgan fingerprint density at radius 1 is 1.52 bits per heavy atom. The van der Waals surface area contributed by atoms with Crippen LogP contribution in [0.4, 0.5) is 0 Å². The molecule has 1 aromatic carbocycles. The number of methoxy groups -OCH3 is 1. The van der Waals surface area contributed by atoms with Crippen molar-refractivity contribution in [2.75, 3.05) is 20.2 Å². The van der Waals surface area contributed by atoms with Crippen molar-refractivity contribution in [2.45, 2.75) is 31.8 Å². The fourth-order valence-corrected chi connectivity index (χ4v) is 2.75. The van der Waals surface area contributed by atoms with E-state index in [0.717, 1.165) is 37.2 Å². The van der Waals surface area contributed by atoms with Crippen LogP contribution in [-0.4, -0.2) is 37.0 Å². The van der Waals surface area contributed by atoms with Crippen LogP contribution in [0.3, 0.4) is 0 Å². The summed E-state index contributed by atoms with van der Waals surface area (Å²) in [5, 5.41) is 3.30. The molecule has 4 nitrogen and oxygen atoms in total. The van der Waals surface area contributed by atoms with Crippen molar-refractivity contribution >= 4 is 5.91 Å². The number of hydrogen-bond acceptors (Lipinski definition) is 3. The Morgan fingerprint density at radius 2 is 2.38 bits per heavy atom. The zero-order chi connectivity index (χ0) is 15.1. The van der Waals surface area contributed by atoms with E-state index in [1.807, 2.05) is 35.2 Å². The van der Waals surface area contributed by atoms with E-state index in [0.29, 0.717) is 19.0 Å². The molecule has 2 rings (SSSR count). The van der Waals surface area contributed by atoms with Crippen molar-refractivity contribution in [3.63, 3.8) is 0 Å². The highest BCUT2D eigenvalue weighted by Crippen LogP contribution is 2.24. The summed E-state index contributed by atoms with van der Waals surface area (Å²) in [6.45, 7) is 6.09. The van der Waals surface area contributed by atoms with Gasteiger partial charge in [-0.05, 0) is 37.1 Å². The van der Waals surface area contributed by atoms with Gasteiger partial charge in [0.25, 0.3) is 0 Å². The second-order valence-electron chi connectivity index (χ2n) is 5.35. The van der Waals surface area contributed by atoms with Crippen LogP contribution < -0.4 is 10.1 Å². The molecule has 21 heavy (non-hydrogen) atoms. The summed E-state index contributed by atoms with van der Waals surface area (Å²) in [7, 11) is 1.66. The Hall–Kier alpha value is -1.81. The standard InChI is InChI=1S/C17H24N2O2/c1-3-10-18-11-9-15-7-8-17(20)19(15)13-14-5-4-6-16(12-14)21-2/h3-6,12,15,18H,1,7-11,13H2,2H3/t15-/m1/s1. The molecule has 1 fully saturated rings. The Morgan fingerprint density at radius 3 is 3.14 bits per heavy atom. The molecule has 1 atom stereocenters. The number of hydrogen-bond donors (Lipinski definition) is 1. The highest BCUT2D eigenvalue weighted by molar-refractivity contribution is 5.78. The largest absolute Gasteiger partial charge is 0.497 e. The molecular weight excluding hydrogens is 264 g/mol. The number of likely N-dealkylation sites (tertiary alicyclic amines) is 1. The van der Waals surface area contributed by atoms with E-state index in [1.54, 1.807) is 7.11 Å². The van der Waals surface area contributed by atoms with E-state index in [-0.39, 0.29) is 5.91 Å². The zero-order valence-electron chi connectivity index (χ0n) is 12.7. The quantitative estimate of drug-likeness (QED) is 0.590. The molecule has 0 saturated carbocycles. The van der Waals surface area contributed by atoms with Crippen LogP contribution in [0.15, 0.2) is 36.9 Å². The van der Waals surface area contributed by atoms with Crippen LogP contribution in [0.1, 0.15) is 24.8 Å². The van der Waals surface area contributed by atoms with E-state index >= 15 is 0 Å². The van der Waals surface area contributed by atoms with Crippen LogP contribution >= 0.6 is 0 Å². The van der Waals surface area contributed by atoms with E-state index < -0.39 is 0 Å². The number of nitrogens with one attached hydrogen (secondary N) is 1. The van der Waals surface area contributed by atoms with Crippen LogP contribution in [0.2, 0.25) is 0 Å². The molecule has 1 saturated heterocycles. The Bertz CT molecular complexity index is 487. The lowest BCUT2D eigenvalue weighted by Gasteiger charge is -2.25. The summed E-state index contributed by atoms with van der Waals surface area (Å²) >= 11 is 0. The first kappa shape index (κ1) is 15.6. The van der Waals surface area contributed by atoms with Gasteiger partial charge in [0.2, 0.25) is 5.91 Å². The van der Waals surface area contributed by atoms with E-state index in [4.69, 9.17) is 4.74 Å². The Kier molecular flexibility index (Phi) is 5.81. The summed E-state index contributed by atoms with van der Waals surface area (Å²) in [6, 6.07) is 8.27. The minimum Gasteiger partial charge on any atom is -0.497 e. The van der Waals surface area contributed by atoms with E-state index in [2.05, 4.69) is 11.9 Å². The molecule has 1 aliphatic rings. The third kappa shape index (κ3) is 4.33. The first-order valence-corrected chi connectivity index (χ1v) is 7.48. The maximum Gasteiger partial charge on any atom is 0.223 e. The lowest BCUT2D eigenvalue weighted by atomic mass is 10.1. The normalized spacial score (nSPS) is 18.0. The van der Waals surface area contributed by atoms with Gasteiger partial charge >= 0.3 is 0 Å². The zero-order valence-corrected chi connectivity index (χ0v) is 12.7. The molecule has 1 N–H and O–H groups in total. The molecule has 1 aromatic rings. The van der Waals surface area contributed by atoms with Gasteiger partial charge in [-0.15, -0.1) is 6.58 Å². The number of carbonyl (C=O) groups excluding carboxylic acids is 1. The molecule has 0 unspecified atom stereocenters. The number of rotatable bonds is 8. The Labute approximate surface area is 126 Å². The first-order valence-electron chi connectivity index (χ1n) is 7.48. The van der Waals surface area contributed by atoms with Gasteiger partial charge < -0.3 is 15.0 Å². The van der Waals surface area contributed by atoms with Crippen LogP contribution in [0.25, 0.3) is 0 Å². The molecule has 0 bridgehead atoms. The van der Waals surface area contributed by atoms with E-state index in [9.17, 15) is 4.79 Å². The minimum atomic E-state index is 0.256. The van der Waals surface area contributed by atoms with Gasteiger partial charge in [0.05, 0.1) is 7.11 Å². The fraction of sp³-hybridized carbons (Fsp3) is 0.471. The molecule has 1 aliphatic heterocycles. The van der Waals surface area contributed by atoms with Crippen LogP contribution in [0.5, 0.6) is 5.75 Å². The van der Waals surface area contributed by atoms with Gasteiger partial charge in [-0.2, -0.15) is 0 Å². The second kappa shape index (κ2) is 7.84. The number of ether oxygens (including phenoxy) is 1. The van der Waals surface area contributed by atoms with Crippen molar-refractivity contribution in [1.82, 2.24) is 10.2 Å². The third-order valence-corrected chi connectivity index (χ3v) is 3.88. The topological polar surface area (TPSA) is 41.6 Å². The fourth-order valence-electron chi connectivity index (χ4n) is 2.75. The van der Waals surface area contributed by atoms with Crippen molar-refractivity contribution in [3.8, 4) is 5.75 Å². The molecule has 0 aliphatic carbocycles. The second-order valence-corrected chi connectivity index (χ2v) is 5.35. The number of benzene rings is 1. The molecule has 4 heteroatoms. The number of carbonyl (C=O) groups is 1. The van der Waals surface area contributed by atoms with E-state index in [1.165, 1.54) is 0 Å². The molecule has 0 radical (unpaired) electrons. The maximum atomic E-state index is 12.1. The summed E-state index contributed by atoms with van der Waals surface area (Å²) in [5.41, 5.74) is 1.12. The third-order valence-electron chi connectivity index (χ3n) is 3.88. The highest BCUT2D eigenvalue weighted by Gasteiger charge is 2.30. The SMILES string of the molecule is C=CCNCC[C@H]1CCC(=O)N1Cc1cccc(OC)c1. The summed E-state index contributed by atoms with van der Waals surface area (Å²) < 4.78 is 5.24. The van der Waals surface area contributed by atoms with Gasteiger partial charge in [-0.1, -0.05) is 18.2 Å². The van der Waals surface area contributed by atoms with Gasteiger partial charge in [0, 0.05) is 25.6 Å². The summed E-state index contributed by atoms with van der Waals surface area (Å²) in [6.07, 6.45) is 4.46. The highest BCUT2D eigenvalue weighted by atomic mass is 16.5. The van der Waals surface area contributed by atoms with Gasteiger partial charge in [0.15, 0.2) is 0 Å². The predicted octanol–water partition coefficient (Wildman–Crippen LogP) is 2.35. The molecular formula is C17H24N2O2. The minimum absolute atomic E-state index is 0.256. The van der Waals surface area contributed by atoms with Crippen LogP contribution in [0, 0.1) is 0 Å². The molecule has 1 heterocycles. The van der Waals surface area contributed by atoms with Gasteiger partial charge in [-0.25, -0.2) is 0 Å². The number of amides is 1. The predicted molar refractivity (Wildman–Crippen MR) is 84.2 cm³/mol. The Balaban J connectivity index is 1.94. The average Bonchev–Trinajstić information content (AvgIpc) is 2.85. The average molecular weight is 288 g/mol. The molecule has 0 aromatic heterocycles. The van der Waals surface area contributed by atoms with Gasteiger partial charge in [-0.3, -0.25) is 4.79 Å². The van der Waals surface area contributed by atoms with Gasteiger partial charge in [0.1, 0.15) is 5.75 Å². The number of nitrogens with zero attached hydrogens (tertiary/aromatic N) is 1. The lowest BCUT2D eigenvalue weighted by Crippen LogP contribution is -2.34. The van der Waals surface area contributed by atoms with Crippen molar-refractivity contribution in [1.29, 1.82) is 0 Å². The van der Waals surface area contributed by atoms with Crippen molar-refractivity contribution in [3.05, 3.63) is 42.5 Å². The lowest BCUT2D eigenvalue weighted by molar-refractivity contribution is -0.129. The first-order chi connectivity index (χ1) is 10.2.